The molecule has 2 fully saturated rings. The fourth-order valence-corrected chi connectivity index (χ4v) is 16.9. The second-order valence-electron chi connectivity index (χ2n) is 37.2. The average Bonchev–Trinajstić information content (AvgIpc) is 1.44. The van der Waals surface area contributed by atoms with Gasteiger partial charge in [-0.25, -0.2) is 39.9 Å². The van der Waals surface area contributed by atoms with Crippen LogP contribution in [0, 0.1) is 0 Å². The second-order valence-corrected chi connectivity index (χ2v) is 41.4. The lowest BCUT2D eigenvalue weighted by atomic mass is 10.1. The minimum atomic E-state index is -0.478. The van der Waals surface area contributed by atoms with E-state index in [2.05, 4.69) is 98.8 Å². The molecular formula is C96H128Cl2N16O11S4. The van der Waals surface area contributed by atoms with Gasteiger partial charge in [-0.05, 0) is 207 Å². The minimum Gasteiger partial charge on any atom is -0.492 e. The zero-order valence-corrected chi connectivity index (χ0v) is 83.5. The number of nitrogens with zero attached hydrogens (tertiary/aromatic N) is 10. The molecule has 0 saturated carbocycles. The number of rotatable bonds is 31. The molecule has 0 spiro atoms. The van der Waals surface area contributed by atoms with E-state index in [-0.39, 0.29) is 34.9 Å². The van der Waals surface area contributed by atoms with Gasteiger partial charge in [0, 0.05) is 148 Å². The van der Waals surface area contributed by atoms with Crippen molar-refractivity contribution in [1.82, 2.24) is 55.0 Å². The van der Waals surface area contributed by atoms with Crippen molar-refractivity contribution in [2.75, 3.05) is 120 Å². The summed E-state index contributed by atoms with van der Waals surface area (Å²) in [6, 6.07) is 28.2. The number of thiazole rings is 4. The lowest BCUT2D eigenvalue weighted by Gasteiger charge is -2.26. The topological polar surface area (TPSA) is 305 Å². The van der Waals surface area contributed by atoms with Crippen LogP contribution in [0.2, 0.25) is 10.0 Å². The number of benzene rings is 4. The number of carbonyl (C=O) groups is 1. The van der Waals surface area contributed by atoms with Crippen LogP contribution in [0.1, 0.15) is 159 Å². The molecule has 0 unspecified atom stereocenters. The number of nitrogens with two attached hydrogens (primary N) is 1. The molecule has 2 saturated heterocycles. The highest BCUT2D eigenvalue weighted by molar-refractivity contribution is 7.15. The van der Waals surface area contributed by atoms with Crippen molar-refractivity contribution < 1.29 is 52.2 Å². The van der Waals surface area contributed by atoms with Gasteiger partial charge in [-0.15, -0.1) is 45.3 Å². The monoisotopic (exact) mass is 1880 g/mol. The highest BCUT2D eigenvalue weighted by atomic mass is 35.5. The first-order valence-corrected chi connectivity index (χ1v) is 48.2. The summed E-state index contributed by atoms with van der Waals surface area (Å²) in [5, 5.41) is 32.5. The van der Waals surface area contributed by atoms with E-state index in [1.807, 2.05) is 203 Å². The maximum atomic E-state index is 12.5. The number of amides is 1. The number of aromatic nitrogens is 8. The van der Waals surface area contributed by atoms with E-state index in [0.717, 1.165) is 156 Å². The molecule has 129 heavy (non-hydrogen) atoms. The number of nitrogens with one attached hydrogen (secondary N) is 5. The first-order valence-electron chi connectivity index (χ1n) is 43.9. The van der Waals surface area contributed by atoms with Crippen LogP contribution >= 0.6 is 68.5 Å². The predicted molar refractivity (Wildman–Crippen MR) is 531 cm³/mol. The van der Waals surface area contributed by atoms with Gasteiger partial charge in [0.1, 0.15) is 121 Å². The third-order valence-corrected chi connectivity index (χ3v) is 22.3. The number of halogens is 2. The molecule has 0 aliphatic carbocycles. The standard InChI is InChI=1S/C25H33ClN4O3S.C25H32N4O4S.C23H31ClN4O2S.C23H32N4O2S/c1-16(2)27-24-29-19(15-34-24)18-14-21(33-25(3,4)5)17-6-7-20(22(26)23(17)28-18)32-13-10-30-8-11-31-12-9-30;1-16(2)26-24-28-21(15-34-24)20-13-22(33-25(3,4)5)18-7-6-17(12-19(18)27-20)32-14-23(30)29-8-10-31-11-9-29;1-13(2)26-21-28-16(11-31-21)15-10-18(30-22(3,4)5)14-8-9-17(19(24)20(14)27-15)29-12-23(6,7)25;1-7-24-10-11-28-16-8-9-17-18(12-16)26-19(13-21(17)29-23(4,5)6)20-14-30-22(27-20)25-15(2)3/h6-7,14-16H,8-13H2,1-5H3,(H,27,29);6-7,12-13,15-16H,8-11,14H2,1-5H3,(H,26,28);8-11,13H,12,25H2,1-7H3,(H,26,28);8-9,12-15,24H,7,10-11H2,1-6H3,(H,25,27). The largest absolute Gasteiger partial charge is 0.492 e. The summed E-state index contributed by atoms with van der Waals surface area (Å²) in [4.78, 5) is 54.8. The summed E-state index contributed by atoms with van der Waals surface area (Å²) in [7, 11) is 0. The smallest absolute Gasteiger partial charge is 0.260 e. The SMILES string of the molecule is CC(C)Nc1nc(-c2cc(OC(C)(C)C)c3ccc(OCC(=O)N4CCOCC4)cc3n2)cs1.CC(C)Nc1nc(-c2cc(OC(C)(C)C)c3ccc(OCC(C)(C)N)c(Cl)c3n2)cs1.CC(C)Nc1nc(-c2cc(OC(C)(C)C)c3ccc(OCCN4CCOCC4)c(Cl)c3n2)cs1.CCNCCOc1ccc2c(OC(C)(C)C)cc(-c3csc(NC(C)C)n3)nc2c1. The van der Waals surface area contributed by atoms with Gasteiger partial charge in [-0.3, -0.25) is 9.69 Å². The van der Waals surface area contributed by atoms with Crippen LogP contribution in [0.3, 0.4) is 0 Å². The van der Waals surface area contributed by atoms with Crippen molar-refractivity contribution in [2.45, 2.75) is 211 Å². The number of hydrogen-bond acceptors (Lipinski definition) is 30. The number of morpholine rings is 2. The second kappa shape index (κ2) is 44.6. The first kappa shape index (κ1) is 100. The summed E-state index contributed by atoms with van der Waals surface area (Å²) in [6.07, 6.45) is 0. The van der Waals surface area contributed by atoms with E-state index in [9.17, 15) is 4.79 Å². The lowest BCUT2D eigenvalue weighted by molar-refractivity contribution is -0.137. The Morgan fingerprint density at radius 2 is 0.775 bits per heavy atom. The van der Waals surface area contributed by atoms with E-state index in [4.69, 9.17) is 111 Å². The maximum absolute atomic E-state index is 12.5. The molecule has 10 heterocycles. The molecule has 2 aliphatic rings. The van der Waals surface area contributed by atoms with Gasteiger partial charge in [0.2, 0.25) is 0 Å². The van der Waals surface area contributed by atoms with Gasteiger partial charge in [0.25, 0.3) is 5.91 Å². The molecule has 0 atom stereocenters. The number of hydrogen-bond donors (Lipinski definition) is 6. The van der Waals surface area contributed by atoms with Crippen molar-refractivity contribution in [3.8, 4) is 91.5 Å². The lowest BCUT2D eigenvalue weighted by Crippen LogP contribution is -2.42. The average molecular weight is 1880 g/mol. The Morgan fingerprint density at radius 3 is 1.14 bits per heavy atom. The Labute approximate surface area is 785 Å². The van der Waals surface area contributed by atoms with Crippen LogP contribution in [-0.4, -0.2) is 206 Å². The quantitative estimate of drug-likeness (QED) is 0.0220. The molecule has 12 aromatic rings. The van der Waals surface area contributed by atoms with Gasteiger partial charge < -0.3 is 84.6 Å². The zero-order chi connectivity index (χ0) is 93.3. The van der Waals surface area contributed by atoms with Gasteiger partial charge in [0.05, 0.1) is 71.3 Å². The number of anilines is 4. The minimum absolute atomic E-state index is 0.0210. The molecule has 1 amide bonds. The van der Waals surface area contributed by atoms with Crippen molar-refractivity contribution in [1.29, 1.82) is 0 Å². The summed E-state index contributed by atoms with van der Waals surface area (Å²) < 4.78 is 59.5. The molecule has 14 rings (SSSR count). The Hall–Kier alpha value is -9.51. The fraction of sp³-hybridized carbons (Fsp3) is 0.490. The number of ether oxygens (including phenoxy) is 10. The van der Waals surface area contributed by atoms with Crippen LogP contribution < -0.4 is 70.2 Å². The predicted octanol–water partition coefficient (Wildman–Crippen LogP) is 21.8. The number of likely N-dealkylation sites (N-methyl/N-ethyl adjacent to an activating group) is 1. The number of fused-ring (bicyclic) bond motifs is 4. The van der Waals surface area contributed by atoms with E-state index < -0.39 is 5.54 Å². The van der Waals surface area contributed by atoms with Crippen molar-refractivity contribution in [3.63, 3.8) is 0 Å². The molecule has 33 heteroatoms. The third kappa shape index (κ3) is 30.5. The number of pyridine rings is 4. The van der Waals surface area contributed by atoms with Crippen molar-refractivity contribution in [2.24, 2.45) is 5.73 Å². The molecule has 8 aromatic heterocycles. The van der Waals surface area contributed by atoms with E-state index in [0.29, 0.717) is 126 Å². The van der Waals surface area contributed by atoms with Gasteiger partial charge >= 0.3 is 0 Å². The molecule has 7 N–H and O–H groups in total. The molecular weight excluding hydrogens is 1750 g/mol. The van der Waals surface area contributed by atoms with E-state index in [1.165, 1.54) is 0 Å². The highest BCUT2D eigenvalue weighted by Crippen LogP contribution is 2.44. The van der Waals surface area contributed by atoms with Crippen LogP contribution in [-0.2, 0) is 14.3 Å². The molecule has 0 radical (unpaired) electrons. The van der Waals surface area contributed by atoms with Crippen LogP contribution in [0.15, 0.2) is 106 Å². The molecule has 27 nitrogen and oxygen atoms in total. The number of carbonyl (C=O) groups excluding carboxylic acids is 1. The summed E-state index contributed by atoms with van der Waals surface area (Å²) in [6.45, 7) is 56.6. The van der Waals surface area contributed by atoms with Gasteiger partial charge in [-0.2, -0.15) is 0 Å². The summed E-state index contributed by atoms with van der Waals surface area (Å²) in [5.41, 5.74) is 13.0. The highest BCUT2D eigenvalue weighted by Gasteiger charge is 2.28. The zero-order valence-electron chi connectivity index (χ0n) is 78.7. The first-order chi connectivity index (χ1) is 60.9. The van der Waals surface area contributed by atoms with E-state index in [1.54, 1.807) is 50.2 Å². The maximum Gasteiger partial charge on any atom is 0.260 e. The summed E-state index contributed by atoms with van der Waals surface area (Å²) in [5.74, 6) is 5.45. The van der Waals surface area contributed by atoms with Crippen LogP contribution in [0.4, 0.5) is 20.5 Å². The van der Waals surface area contributed by atoms with Gasteiger partial charge in [-0.1, -0.05) is 30.1 Å². The van der Waals surface area contributed by atoms with Gasteiger partial charge in [0.15, 0.2) is 27.1 Å². The molecule has 4 aromatic carbocycles. The third-order valence-electron chi connectivity index (χ3n) is 18.5. The Bertz CT molecular complexity index is 5700. The molecule has 696 valence electrons. The van der Waals surface area contributed by atoms with Crippen LogP contribution in [0.5, 0.6) is 46.0 Å². The molecule has 2 aliphatic heterocycles. The van der Waals surface area contributed by atoms with E-state index >= 15 is 0 Å². The Balaban J connectivity index is 0.000000167. The van der Waals surface area contributed by atoms with Crippen LogP contribution in [0.25, 0.3) is 89.2 Å². The molecule has 0 bridgehead atoms. The van der Waals surface area contributed by atoms with Crippen molar-refractivity contribution >= 4 is 139 Å². The Morgan fingerprint density at radius 1 is 0.426 bits per heavy atom. The Kier molecular flexibility index (Phi) is 34.6. The van der Waals surface area contributed by atoms with Crippen molar-refractivity contribution in [3.05, 3.63) is 116 Å². The summed E-state index contributed by atoms with van der Waals surface area (Å²) >= 11 is 19.8. The fourth-order valence-electron chi connectivity index (χ4n) is 13.0. The normalized spacial score (nSPS) is 13.6.